The van der Waals surface area contributed by atoms with Gasteiger partial charge in [-0.3, -0.25) is 9.59 Å². The molecule has 0 aromatic carbocycles. The molecule has 1 atom stereocenters. The predicted octanol–water partition coefficient (Wildman–Crippen LogP) is 1.47. The lowest BCUT2D eigenvalue weighted by molar-refractivity contribution is -0.138. The summed E-state index contributed by atoms with van der Waals surface area (Å²) in [6, 6.07) is 3.01. The van der Waals surface area contributed by atoms with Gasteiger partial charge in [-0.2, -0.15) is 0 Å². The number of hydrogen-bond acceptors (Lipinski definition) is 4. The quantitative estimate of drug-likeness (QED) is 0.915. The van der Waals surface area contributed by atoms with Crippen LogP contribution in [0, 0.1) is 5.92 Å². The molecule has 126 valence electrons. The van der Waals surface area contributed by atoms with E-state index in [1.165, 1.54) is 6.26 Å². The zero-order valence-corrected chi connectivity index (χ0v) is 13.4. The van der Waals surface area contributed by atoms with Gasteiger partial charge in [0.1, 0.15) is 6.04 Å². The number of hydrogen-bond donors (Lipinski definition) is 1. The molecule has 23 heavy (non-hydrogen) atoms. The van der Waals surface area contributed by atoms with Crippen LogP contribution in [0.2, 0.25) is 0 Å². The van der Waals surface area contributed by atoms with E-state index in [0.29, 0.717) is 24.8 Å². The Hall–Kier alpha value is -1.82. The van der Waals surface area contributed by atoms with Gasteiger partial charge in [0.15, 0.2) is 5.76 Å². The molecule has 2 amide bonds. The minimum atomic E-state index is -0.351. The van der Waals surface area contributed by atoms with Crippen molar-refractivity contribution in [3.8, 4) is 0 Å². The van der Waals surface area contributed by atoms with Crippen molar-refractivity contribution in [3.05, 3.63) is 24.2 Å². The Kier molecular flexibility index (Phi) is 5.00. The second-order valence-electron chi connectivity index (χ2n) is 6.49. The summed E-state index contributed by atoms with van der Waals surface area (Å²) >= 11 is 0. The maximum Gasteiger partial charge on any atom is 0.290 e. The third kappa shape index (κ3) is 3.42. The van der Waals surface area contributed by atoms with Crippen LogP contribution in [0.15, 0.2) is 22.8 Å². The third-order valence-electron chi connectivity index (χ3n) is 5.04. The van der Waals surface area contributed by atoms with Gasteiger partial charge in [-0.1, -0.05) is 0 Å². The summed E-state index contributed by atoms with van der Waals surface area (Å²) in [5.41, 5.74) is 5.72. The lowest BCUT2D eigenvalue weighted by atomic mass is 9.95. The van der Waals surface area contributed by atoms with Gasteiger partial charge in [0.25, 0.3) is 5.91 Å². The molecule has 0 saturated carbocycles. The number of furan rings is 1. The van der Waals surface area contributed by atoms with Gasteiger partial charge in [-0.05, 0) is 56.7 Å². The van der Waals surface area contributed by atoms with Gasteiger partial charge in [0.05, 0.1) is 6.26 Å². The number of carbonyl (C=O) groups excluding carboxylic acids is 2. The average Bonchev–Trinajstić information content (AvgIpc) is 3.15. The topological polar surface area (TPSA) is 79.8 Å². The first-order chi connectivity index (χ1) is 11.2. The Labute approximate surface area is 136 Å². The van der Waals surface area contributed by atoms with E-state index < -0.39 is 0 Å². The van der Waals surface area contributed by atoms with Crippen molar-refractivity contribution in [2.75, 3.05) is 26.2 Å². The van der Waals surface area contributed by atoms with E-state index in [2.05, 4.69) is 0 Å². The van der Waals surface area contributed by atoms with Crippen LogP contribution in [0.4, 0.5) is 0 Å². The van der Waals surface area contributed by atoms with Crippen molar-refractivity contribution in [2.45, 2.75) is 38.1 Å². The van der Waals surface area contributed by atoms with Crippen LogP contribution in [0.5, 0.6) is 0 Å². The summed E-state index contributed by atoms with van der Waals surface area (Å²) in [5.74, 6) is 0.739. The van der Waals surface area contributed by atoms with Crippen LogP contribution in [0.1, 0.15) is 42.7 Å². The van der Waals surface area contributed by atoms with Crippen LogP contribution in [-0.2, 0) is 4.79 Å². The van der Waals surface area contributed by atoms with E-state index in [1.54, 1.807) is 17.0 Å². The zero-order valence-electron chi connectivity index (χ0n) is 13.4. The summed E-state index contributed by atoms with van der Waals surface area (Å²) in [6.07, 6.45) is 6.07. The number of nitrogens with zero attached hydrogens (tertiary/aromatic N) is 2. The molecule has 1 aromatic rings. The molecule has 1 aromatic heterocycles. The number of amides is 2. The van der Waals surface area contributed by atoms with Crippen molar-refractivity contribution in [1.82, 2.24) is 9.80 Å². The fourth-order valence-corrected chi connectivity index (χ4v) is 3.57. The molecule has 3 rings (SSSR count). The largest absolute Gasteiger partial charge is 0.459 e. The third-order valence-corrected chi connectivity index (χ3v) is 5.04. The minimum Gasteiger partial charge on any atom is -0.459 e. The SMILES string of the molecule is NCC1CCN(C(=O)C2CCCCN2C(=O)c2ccco2)CC1. The molecular weight excluding hydrogens is 294 g/mol. The molecule has 2 fully saturated rings. The molecule has 0 aliphatic carbocycles. The Balaban J connectivity index is 1.68. The average molecular weight is 319 g/mol. The van der Waals surface area contributed by atoms with E-state index >= 15 is 0 Å². The highest BCUT2D eigenvalue weighted by Gasteiger charge is 2.36. The van der Waals surface area contributed by atoms with E-state index in [9.17, 15) is 9.59 Å². The van der Waals surface area contributed by atoms with Crippen molar-refractivity contribution < 1.29 is 14.0 Å². The summed E-state index contributed by atoms with van der Waals surface area (Å²) in [6.45, 7) is 2.81. The molecule has 6 heteroatoms. The number of carbonyl (C=O) groups is 2. The predicted molar refractivity (Wildman–Crippen MR) is 85.7 cm³/mol. The minimum absolute atomic E-state index is 0.0834. The maximum absolute atomic E-state index is 12.9. The summed E-state index contributed by atoms with van der Waals surface area (Å²) in [7, 11) is 0. The fraction of sp³-hybridized carbons (Fsp3) is 0.647. The molecule has 2 saturated heterocycles. The number of rotatable bonds is 3. The van der Waals surface area contributed by atoms with Gasteiger partial charge in [-0.25, -0.2) is 0 Å². The van der Waals surface area contributed by atoms with Crippen molar-refractivity contribution in [2.24, 2.45) is 11.7 Å². The standard InChI is InChI=1S/C17H25N3O3/c18-12-13-6-9-19(10-7-13)16(21)14-4-1-2-8-20(14)17(22)15-5-3-11-23-15/h3,5,11,13-14H,1-2,4,6-10,12,18H2. The Morgan fingerprint density at radius 3 is 2.61 bits per heavy atom. The summed E-state index contributed by atoms with van der Waals surface area (Å²) in [5, 5.41) is 0. The first kappa shape index (κ1) is 16.1. The highest BCUT2D eigenvalue weighted by molar-refractivity contribution is 5.95. The molecule has 0 bridgehead atoms. The Morgan fingerprint density at radius 2 is 1.96 bits per heavy atom. The van der Waals surface area contributed by atoms with Gasteiger partial charge in [-0.15, -0.1) is 0 Å². The second kappa shape index (κ2) is 7.17. The van der Waals surface area contributed by atoms with Crippen molar-refractivity contribution in [3.63, 3.8) is 0 Å². The lowest BCUT2D eigenvalue weighted by Gasteiger charge is -2.39. The Morgan fingerprint density at radius 1 is 1.17 bits per heavy atom. The lowest BCUT2D eigenvalue weighted by Crippen LogP contribution is -2.54. The number of piperidine rings is 2. The maximum atomic E-state index is 12.9. The summed E-state index contributed by atoms with van der Waals surface area (Å²) in [4.78, 5) is 29.1. The molecule has 3 heterocycles. The number of nitrogens with two attached hydrogens (primary N) is 1. The molecule has 6 nitrogen and oxygen atoms in total. The zero-order chi connectivity index (χ0) is 16.2. The summed E-state index contributed by atoms with van der Waals surface area (Å²) < 4.78 is 5.22. The highest BCUT2D eigenvalue weighted by Crippen LogP contribution is 2.24. The van der Waals surface area contributed by atoms with Crippen LogP contribution in [0.3, 0.4) is 0 Å². The number of likely N-dealkylation sites (tertiary alicyclic amines) is 2. The van der Waals surface area contributed by atoms with Crippen LogP contribution >= 0.6 is 0 Å². The van der Waals surface area contributed by atoms with E-state index in [-0.39, 0.29) is 17.9 Å². The van der Waals surface area contributed by atoms with Gasteiger partial charge in [0.2, 0.25) is 5.91 Å². The molecule has 0 radical (unpaired) electrons. The second-order valence-corrected chi connectivity index (χ2v) is 6.49. The van der Waals surface area contributed by atoms with Crippen LogP contribution in [0.25, 0.3) is 0 Å². The normalized spacial score (nSPS) is 23.1. The fourth-order valence-electron chi connectivity index (χ4n) is 3.57. The molecule has 2 aliphatic heterocycles. The molecule has 2 N–H and O–H groups in total. The van der Waals surface area contributed by atoms with Gasteiger partial charge in [0, 0.05) is 19.6 Å². The molecular formula is C17H25N3O3. The monoisotopic (exact) mass is 319 g/mol. The molecule has 1 unspecified atom stereocenters. The van der Waals surface area contributed by atoms with E-state index in [0.717, 1.165) is 45.2 Å². The molecule has 2 aliphatic rings. The van der Waals surface area contributed by atoms with E-state index in [4.69, 9.17) is 10.2 Å². The van der Waals surface area contributed by atoms with E-state index in [1.807, 2.05) is 4.90 Å². The van der Waals surface area contributed by atoms with Gasteiger partial charge >= 0.3 is 0 Å². The van der Waals surface area contributed by atoms with Crippen LogP contribution < -0.4 is 5.73 Å². The first-order valence-corrected chi connectivity index (χ1v) is 8.54. The van der Waals surface area contributed by atoms with Gasteiger partial charge < -0.3 is 20.0 Å². The van der Waals surface area contributed by atoms with Crippen molar-refractivity contribution >= 4 is 11.8 Å². The first-order valence-electron chi connectivity index (χ1n) is 8.54. The smallest absolute Gasteiger partial charge is 0.290 e. The highest BCUT2D eigenvalue weighted by atomic mass is 16.3. The molecule has 0 spiro atoms. The Bertz CT molecular complexity index is 535. The van der Waals surface area contributed by atoms with Crippen molar-refractivity contribution in [1.29, 1.82) is 0 Å². The van der Waals surface area contributed by atoms with Crippen LogP contribution in [-0.4, -0.2) is 53.8 Å².